The highest BCUT2D eigenvalue weighted by atomic mass is 31.2. The van der Waals surface area contributed by atoms with Crippen molar-refractivity contribution in [1.82, 2.24) is 0 Å². The van der Waals surface area contributed by atoms with E-state index in [4.69, 9.17) is 19.3 Å². The predicted octanol–water partition coefficient (Wildman–Crippen LogP) is 5.39. The number of ether oxygens (including phenoxy) is 1. The van der Waals surface area contributed by atoms with Crippen LogP contribution in [-0.2, 0) is 13.8 Å². The standard InChI is InChI=1S/C20H43O5P/c1-19(2,13-10-15-21)11-6-8-16-24-17-9-7-12-20(3,4)14-18-25-26(5,22)23/h21H,6-18H2,1-5H3,(H,22,23). The second kappa shape index (κ2) is 13.3. The molecule has 0 radical (unpaired) electrons. The molecule has 0 rings (SSSR count). The summed E-state index contributed by atoms with van der Waals surface area (Å²) in [6, 6.07) is 0. The maximum absolute atomic E-state index is 11.1. The summed E-state index contributed by atoms with van der Waals surface area (Å²) in [5.41, 5.74) is 0.439. The second-order valence-corrected chi connectivity index (χ2v) is 10.9. The molecule has 0 fully saturated rings. The Balaban J connectivity index is 3.56. The molecule has 1 unspecified atom stereocenters. The van der Waals surface area contributed by atoms with Crippen LogP contribution in [-0.4, -0.2) is 43.1 Å². The molecule has 0 amide bonds. The smallest absolute Gasteiger partial charge is 0.325 e. The van der Waals surface area contributed by atoms with Crippen molar-refractivity contribution in [3.8, 4) is 0 Å². The first-order valence-corrected chi connectivity index (χ1v) is 12.1. The van der Waals surface area contributed by atoms with Crippen molar-refractivity contribution in [1.29, 1.82) is 0 Å². The Bertz CT molecular complexity index is 390. The van der Waals surface area contributed by atoms with E-state index >= 15 is 0 Å². The van der Waals surface area contributed by atoms with Crippen LogP contribution < -0.4 is 0 Å². The molecule has 0 saturated heterocycles. The molecule has 0 aromatic carbocycles. The van der Waals surface area contributed by atoms with Crippen molar-refractivity contribution >= 4 is 7.60 Å². The monoisotopic (exact) mass is 394 g/mol. The molecule has 0 aliphatic carbocycles. The van der Waals surface area contributed by atoms with Crippen LogP contribution in [0.5, 0.6) is 0 Å². The minimum atomic E-state index is -3.35. The van der Waals surface area contributed by atoms with Gasteiger partial charge in [0.25, 0.3) is 0 Å². The maximum atomic E-state index is 11.1. The first-order valence-electron chi connectivity index (χ1n) is 10.1. The Kier molecular flexibility index (Phi) is 13.3. The number of rotatable bonds is 17. The number of hydrogen-bond donors (Lipinski definition) is 2. The molecule has 158 valence electrons. The average molecular weight is 395 g/mol. The summed E-state index contributed by atoms with van der Waals surface area (Å²) in [4.78, 5) is 9.14. The van der Waals surface area contributed by atoms with Crippen LogP contribution >= 0.6 is 7.60 Å². The molecule has 1 atom stereocenters. The quantitative estimate of drug-likeness (QED) is 0.255. The lowest BCUT2D eigenvalue weighted by atomic mass is 9.83. The van der Waals surface area contributed by atoms with Crippen molar-refractivity contribution in [2.45, 2.75) is 85.5 Å². The van der Waals surface area contributed by atoms with Crippen molar-refractivity contribution in [2.75, 3.05) is 33.1 Å². The number of unbranched alkanes of at least 4 members (excludes halogenated alkanes) is 2. The molecule has 0 aliphatic heterocycles. The van der Waals surface area contributed by atoms with Gasteiger partial charge < -0.3 is 19.3 Å². The van der Waals surface area contributed by atoms with Gasteiger partial charge in [-0.15, -0.1) is 0 Å². The summed E-state index contributed by atoms with van der Waals surface area (Å²) < 4.78 is 21.8. The van der Waals surface area contributed by atoms with Crippen LogP contribution in [0.25, 0.3) is 0 Å². The van der Waals surface area contributed by atoms with Crippen LogP contribution in [0.1, 0.15) is 85.5 Å². The minimum Gasteiger partial charge on any atom is -0.396 e. The summed E-state index contributed by atoms with van der Waals surface area (Å²) in [6.07, 6.45) is 9.45. The Labute approximate surface area is 161 Å². The van der Waals surface area contributed by atoms with Gasteiger partial charge in [0, 0.05) is 26.5 Å². The lowest BCUT2D eigenvalue weighted by Crippen LogP contribution is -2.14. The van der Waals surface area contributed by atoms with Gasteiger partial charge in [0.15, 0.2) is 0 Å². The van der Waals surface area contributed by atoms with E-state index in [1.807, 2.05) is 0 Å². The topological polar surface area (TPSA) is 76.0 Å². The van der Waals surface area contributed by atoms with E-state index in [0.29, 0.717) is 12.0 Å². The van der Waals surface area contributed by atoms with Crippen molar-refractivity contribution < 1.29 is 23.8 Å². The van der Waals surface area contributed by atoms with E-state index in [9.17, 15) is 4.57 Å². The number of aliphatic hydroxyl groups excluding tert-OH is 1. The number of hydrogen-bond acceptors (Lipinski definition) is 4. The average Bonchev–Trinajstić information content (AvgIpc) is 2.49. The van der Waals surface area contributed by atoms with E-state index in [1.54, 1.807) is 0 Å². The molecule has 0 heterocycles. The summed E-state index contributed by atoms with van der Waals surface area (Å²) in [6.45, 7) is 12.4. The lowest BCUT2D eigenvalue weighted by Gasteiger charge is -2.24. The highest BCUT2D eigenvalue weighted by Gasteiger charge is 2.19. The van der Waals surface area contributed by atoms with Crippen molar-refractivity contribution in [2.24, 2.45) is 10.8 Å². The Morgan fingerprint density at radius 1 is 0.769 bits per heavy atom. The van der Waals surface area contributed by atoms with Gasteiger partial charge >= 0.3 is 7.60 Å². The second-order valence-electron chi connectivity index (χ2n) is 9.07. The summed E-state index contributed by atoms with van der Waals surface area (Å²) in [5.74, 6) is 0. The Morgan fingerprint density at radius 2 is 1.23 bits per heavy atom. The third-order valence-corrected chi connectivity index (χ3v) is 5.57. The van der Waals surface area contributed by atoms with E-state index in [1.165, 1.54) is 19.5 Å². The first-order chi connectivity index (χ1) is 12.0. The third-order valence-electron chi connectivity index (χ3n) is 4.91. The zero-order chi connectivity index (χ0) is 20.1. The Morgan fingerprint density at radius 3 is 1.69 bits per heavy atom. The molecule has 26 heavy (non-hydrogen) atoms. The van der Waals surface area contributed by atoms with Gasteiger partial charge in [-0.25, -0.2) is 0 Å². The van der Waals surface area contributed by atoms with Crippen LogP contribution in [0.3, 0.4) is 0 Å². The molecule has 0 spiro atoms. The first kappa shape index (κ1) is 26.1. The molecular formula is C20H43O5P. The zero-order valence-electron chi connectivity index (χ0n) is 17.8. The zero-order valence-corrected chi connectivity index (χ0v) is 18.7. The molecular weight excluding hydrogens is 351 g/mol. The fraction of sp³-hybridized carbons (Fsp3) is 1.00. The van der Waals surface area contributed by atoms with Gasteiger partial charge in [0.05, 0.1) is 6.61 Å². The van der Waals surface area contributed by atoms with Crippen LogP contribution in [0.4, 0.5) is 0 Å². The van der Waals surface area contributed by atoms with E-state index in [0.717, 1.165) is 58.2 Å². The van der Waals surface area contributed by atoms with Gasteiger partial charge in [-0.1, -0.05) is 40.5 Å². The molecule has 0 aliphatic rings. The van der Waals surface area contributed by atoms with Gasteiger partial charge in [-0.2, -0.15) is 0 Å². The molecule has 0 aromatic rings. The molecule has 2 N–H and O–H groups in total. The summed E-state index contributed by atoms with van der Waals surface area (Å²) in [7, 11) is -3.35. The van der Waals surface area contributed by atoms with E-state index in [2.05, 4.69) is 27.7 Å². The largest absolute Gasteiger partial charge is 0.396 e. The predicted molar refractivity (Wildman–Crippen MR) is 109 cm³/mol. The summed E-state index contributed by atoms with van der Waals surface area (Å²) in [5, 5.41) is 8.92. The highest BCUT2D eigenvalue weighted by molar-refractivity contribution is 7.51. The molecule has 6 heteroatoms. The molecule has 5 nitrogen and oxygen atoms in total. The fourth-order valence-electron chi connectivity index (χ4n) is 3.02. The minimum absolute atomic E-state index is 0.120. The van der Waals surface area contributed by atoms with Gasteiger partial charge in [0.2, 0.25) is 0 Å². The van der Waals surface area contributed by atoms with Crippen molar-refractivity contribution in [3.05, 3.63) is 0 Å². The van der Waals surface area contributed by atoms with E-state index in [-0.39, 0.29) is 12.0 Å². The maximum Gasteiger partial charge on any atom is 0.325 e. The van der Waals surface area contributed by atoms with Crippen LogP contribution in [0.2, 0.25) is 0 Å². The number of aliphatic hydroxyl groups is 1. The van der Waals surface area contributed by atoms with Crippen LogP contribution in [0.15, 0.2) is 0 Å². The van der Waals surface area contributed by atoms with Crippen molar-refractivity contribution in [3.63, 3.8) is 0 Å². The Hall–Kier alpha value is 0.0700. The fourth-order valence-corrected chi connectivity index (χ4v) is 3.45. The van der Waals surface area contributed by atoms with E-state index < -0.39 is 7.60 Å². The van der Waals surface area contributed by atoms with Gasteiger partial charge in [0.1, 0.15) is 0 Å². The molecule has 0 saturated carbocycles. The van der Waals surface area contributed by atoms with Gasteiger partial charge in [-0.3, -0.25) is 4.57 Å². The van der Waals surface area contributed by atoms with Gasteiger partial charge in [-0.05, 0) is 55.8 Å². The molecule has 0 aromatic heterocycles. The lowest BCUT2D eigenvalue weighted by molar-refractivity contribution is 0.118. The van der Waals surface area contributed by atoms with Crippen LogP contribution in [0, 0.1) is 10.8 Å². The highest BCUT2D eigenvalue weighted by Crippen LogP contribution is 2.38. The summed E-state index contributed by atoms with van der Waals surface area (Å²) >= 11 is 0. The third kappa shape index (κ3) is 17.5. The SMILES string of the molecule is CC(C)(CCCO)CCCCOCCCCC(C)(C)CCOP(C)(=O)O. The normalized spacial score (nSPS) is 15.2. The molecule has 0 bridgehead atoms.